The van der Waals surface area contributed by atoms with Crippen LogP contribution >= 0.6 is 0 Å². The van der Waals surface area contributed by atoms with Gasteiger partial charge in [-0.05, 0) is 25.0 Å². The second-order valence-corrected chi connectivity index (χ2v) is 4.29. The van der Waals surface area contributed by atoms with Crippen LogP contribution in [0.5, 0.6) is 5.88 Å². The van der Waals surface area contributed by atoms with E-state index in [9.17, 15) is 4.79 Å². The number of nitrogens with zero attached hydrogens (tertiary/aromatic N) is 1. The van der Waals surface area contributed by atoms with Gasteiger partial charge in [-0.3, -0.25) is 4.79 Å². The van der Waals surface area contributed by atoms with Crippen molar-refractivity contribution in [2.24, 2.45) is 0 Å². The van der Waals surface area contributed by atoms with Gasteiger partial charge in [-0.25, -0.2) is 4.98 Å². The van der Waals surface area contributed by atoms with Gasteiger partial charge in [-0.1, -0.05) is 19.3 Å². The number of ether oxygens (including phenoxy) is 1. The van der Waals surface area contributed by atoms with E-state index in [2.05, 4.69) is 4.98 Å². The van der Waals surface area contributed by atoms with Crippen molar-refractivity contribution in [3.63, 3.8) is 0 Å². The van der Waals surface area contributed by atoms with Crippen molar-refractivity contribution in [1.82, 2.24) is 4.98 Å². The largest absolute Gasteiger partial charge is 0.480 e. The number of hydrogen-bond acceptors (Lipinski definition) is 3. The van der Waals surface area contributed by atoms with E-state index in [-0.39, 0.29) is 0 Å². The highest BCUT2D eigenvalue weighted by Crippen LogP contribution is 2.32. The molecule has 1 aromatic rings. The Morgan fingerprint density at radius 3 is 2.69 bits per heavy atom. The van der Waals surface area contributed by atoms with Crippen molar-refractivity contribution >= 4 is 6.29 Å². The first-order chi connectivity index (χ1) is 7.85. The van der Waals surface area contributed by atoms with Crippen molar-refractivity contribution in [2.45, 2.75) is 38.0 Å². The number of hydrogen-bond donors (Lipinski definition) is 0. The molecule has 1 aliphatic carbocycles. The first-order valence-electron chi connectivity index (χ1n) is 5.85. The number of pyridine rings is 1. The zero-order valence-electron chi connectivity index (χ0n) is 9.61. The van der Waals surface area contributed by atoms with Crippen LogP contribution in [0.3, 0.4) is 0 Å². The lowest BCUT2D eigenvalue weighted by Gasteiger charge is -2.21. The van der Waals surface area contributed by atoms with Crippen LogP contribution in [0.2, 0.25) is 0 Å². The summed E-state index contributed by atoms with van der Waals surface area (Å²) in [7, 11) is 1.56. The van der Waals surface area contributed by atoms with Gasteiger partial charge in [0.1, 0.15) is 0 Å². The van der Waals surface area contributed by atoms with Gasteiger partial charge in [-0.15, -0.1) is 0 Å². The Hall–Kier alpha value is -1.38. The maximum Gasteiger partial charge on any atom is 0.224 e. The average molecular weight is 219 g/mol. The van der Waals surface area contributed by atoms with Crippen LogP contribution in [-0.4, -0.2) is 18.4 Å². The molecule has 0 bridgehead atoms. The van der Waals surface area contributed by atoms with Crippen LogP contribution < -0.4 is 4.74 Å². The van der Waals surface area contributed by atoms with Crippen molar-refractivity contribution < 1.29 is 9.53 Å². The highest BCUT2D eigenvalue weighted by atomic mass is 16.5. The lowest BCUT2D eigenvalue weighted by atomic mass is 9.86. The molecule has 0 radical (unpaired) electrons. The molecule has 0 atom stereocenters. The number of aromatic nitrogens is 1. The lowest BCUT2D eigenvalue weighted by Crippen LogP contribution is -2.07. The quantitative estimate of drug-likeness (QED) is 0.734. The Kier molecular flexibility index (Phi) is 3.54. The predicted octanol–water partition coefficient (Wildman–Crippen LogP) is 2.95. The van der Waals surface area contributed by atoms with Crippen molar-refractivity contribution in [2.75, 3.05) is 7.11 Å². The fourth-order valence-corrected chi connectivity index (χ4v) is 2.34. The Morgan fingerprint density at radius 1 is 1.31 bits per heavy atom. The summed E-state index contributed by atoms with van der Waals surface area (Å²) in [4.78, 5) is 15.2. The highest BCUT2D eigenvalue weighted by Gasteiger charge is 2.18. The maximum atomic E-state index is 10.8. The number of aldehydes is 1. The molecule has 1 aliphatic rings. The molecule has 86 valence electrons. The van der Waals surface area contributed by atoms with Crippen molar-refractivity contribution in [1.29, 1.82) is 0 Å². The van der Waals surface area contributed by atoms with E-state index in [1.807, 2.05) is 12.1 Å². The Labute approximate surface area is 95.8 Å². The first-order valence-corrected chi connectivity index (χ1v) is 5.85. The molecule has 1 fully saturated rings. The zero-order valence-corrected chi connectivity index (χ0v) is 9.61. The monoisotopic (exact) mass is 219 g/mol. The minimum Gasteiger partial charge on any atom is -0.480 e. The standard InChI is InChI=1S/C13H17NO2/c1-16-13-11(9-15)7-8-12(14-13)10-5-3-2-4-6-10/h7-10H,2-6H2,1H3. The molecule has 2 rings (SSSR count). The minimum atomic E-state index is 0.457. The van der Waals surface area contributed by atoms with E-state index in [0.29, 0.717) is 17.4 Å². The van der Waals surface area contributed by atoms with E-state index < -0.39 is 0 Å². The number of carbonyl (C=O) groups is 1. The fraction of sp³-hybridized carbons (Fsp3) is 0.538. The van der Waals surface area contributed by atoms with Crippen molar-refractivity contribution in [3.05, 3.63) is 23.4 Å². The highest BCUT2D eigenvalue weighted by molar-refractivity contribution is 5.78. The molecule has 0 spiro atoms. The van der Waals surface area contributed by atoms with Crippen LogP contribution in [0, 0.1) is 0 Å². The van der Waals surface area contributed by atoms with Gasteiger partial charge in [-0.2, -0.15) is 0 Å². The molecule has 3 nitrogen and oxygen atoms in total. The zero-order chi connectivity index (χ0) is 11.4. The normalized spacial score (nSPS) is 17.1. The summed E-state index contributed by atoms with van der Waals surface area (Å²) in [6.45, 7) is 0. The summed E-state index contributed by atoms with van der Waals surface area (Å²) in [5, 5.41) is 0. The third kappa shape index (κ3) is 2.23. The van der Waals surface area contributed by atoms with E-state index >= 15 is 0 Å². The van der Waals surface area contributed by atoms with Crippen molar-refractivity contribution in [3.8, 4) is 5.88 Å². The molecule has 0 saturated heterocycles. The van der Waals surface area contributed by atoms with Gasteiger partial charge in [0, 0.05) is 11.6 Å². The summed E-state index contributed by atoms with van der Waals surface area (Å²) in [5.41, 5.74) is 1.60. The number of methoxy groups -OCH3 is 1. The van der Waals surface area contributed by atoms with E-state index in [1.54, 1.807) is 7.11 Å². The Bertz CT molecular complexity index is 370. The Morgan fingerprint density at radius 2 is 2.06 bits per heavy atom. The van der Waals surface area contributed by atoms with Crippen LogP contribution in [-0.2, 0) is 0 Å². The maximum absolute atomic E-state index is 10.8. The summed E-state index contributed by atoms with van der Waals surface area (Å²) in [5.74, 6) is 1.00. The van der Waals surface area contributed by atoms with Gasteiger partial charge >= 0.3 is 0 Å². The first kappa shape index (κ1) is 11.1. The average Bonchev–Trinajstić information content (AvgIpc) is 2.39. The van der Waals surface area contributed by atoms with E-state index in [0.717, 1.165) is 12.0 Å². The van der Waals surface area contributed by atoms with Crippen LogP contribution in [0.15, 0.2) is 12.1 Å². The third-order valence-corrected chi connectivity index (χ3v) is 3.26. The fourth-order valence-electron chi connectivity index (χ4n) is 2.34. The molecule has 16 heavy (non-hydrogen) atoms. The van der Waals surface area contributed by atoms with Crippen LogP contribution in [0.4, 0.5) is 0 Å². The lowest BCUT2D eigenvalue weighted by molar-refractivity contribution is 0.112. The summed E-state index contributed by atoms with van der Waals surface area (Å²) in [6.07, 6.45) is 7.10. The summed E-state index contributed by atoms with van der Waals surface area (Å²) < 4.78 is 5.13. The second kappa shape index (κ2) is 5.10. The Balaban J connectivity index is 2.24. The number of rotatable bonds is 3. The van der Waals surface area contributed by atoms with Gasteiger partial charge in [0.15, 0.2) is 6.29 Å². The SMILES string of the molecule is COc1nc(C2CCCCC2)ccc1C=O. The van der Waals surface area contributed by atoms with E-state index in [4.69, 9.17) is 4.74 Å². The molecule has 0 N–H and O–H groups in total. The summed E-state index contributed by atoms with van der Waals surface area (Å²) in [6, 6.07) is 3.77. The van der Waals surface area contributed by atoms with Gasteiger partial charge in [0.25, 0.3) is 0 Å². The molecule has 0 unspecified atom stereocenters. The molecule has 1 heterocycles. The molecule has 0 amide bonds. The second-order valence-electron chi connectivity index (χ2n) is 4.29. The third-order valence-electron chi connectivity index (χ3n) is 3.26. The smallest absolute Gasteiger partial charge is 0.224 e. The van der Waals surface area contributed by atoms with E-state index in [1.165, 1.54) is 32.1 Å². The van der Waals surface area contributed by atoms with Gasteiger partial charge < -0.3 is 4.74 Å². The van der Waals surface area contributed by atoms with Crippen LogP contribution in [0.25, 0.3) is 0 Å². The molecular formula is C13H17NO2. The molecule has 1 aromatic heterocycles. The topological polar surface area (TPSA) is 39.2 Å². The number of carbonyl (C=O) groups excluding carboxylic acids is 1. The summed E-state index contributed by atoms with van der Waals surface area (Å²) >= 11 is 0. The van der Waals surface area contributed by atoms with Gasteiger partial charge in [0.05, 0.1) is 12.7 Å². The van der Waals surface area contributed by atoms with Gasteiger partial charge in [0.2, 0.25) is 5.88 Å². The molecule has 0 aromatic carbocycles. The van der Waals surface area contributed by atoms with Crippen LogP contribution in [0.1, 0.15) is 54.1 Å². The predicted molar refractivity (Wildman–Crippen MR) is 62.0 cm³/mol. The minimum absolute atomic E-state index is 0.457. The molecule has 0 aliphatic heterocycles. The molecule has 1 saturated carbocycles. The molecular weight excluding hydrogens is 202 g/mol. The molecule has 3 heteroatoms.